The molecule has 0 aliphatic carbocycles. The van der Waals surface area contributed by atoms with Crippen LogP contribution in [-0.4, -0.2) is 45.2 Å². The summed E-state index contributed by atoms with van der Waals surface area (Å²) in [5.74, 6) is -0.406. The zero-order chi connectivity index (χ0) is 17.3. The highest BCUT2D eigenvalue weighted by molar-refractivity contribution is 5.96. The van der Waals surface area contributed by atoms with Gasteiger partial charge in [-0.15, -0.1) is 0 Å². The van der Waals surface area contributed by atoms with Crippen molar-refractivity contribution in [3.05, 3.63) is 61.9 Å². The van der Waals surface area contributed by atoms with Crippen LogP contribution in [0.1, 0.15) is 26.5 Å². The first kappa shape index (κ1) is 15.7. The van der Waals surface area contributed by atoms with Gasteiger partial charge in [-0.25, -0.2) is 9.89 Å². The monoisotopic (exact) mass is 330 g/mol. The number of methoxy groups -OCH3 is 1. The van der Waals surface area contributed by atoms with Crippen LogP contribution in [0.4, 0.5) is 0 Å². The maximum atomic E-state index is 12.5. The van der Waals surface area contributed by atoms with Gasteiger partial charge in [-0.1, -0.05) is 0 Å². The van der Waals surface area contributed by atoms with E-state index in [1.54, 1.807) is 0 Å². The van der Waals surface area contributed by atoms with Crippen LogP contribution in [0.15, 0.2) is 33.9 Å². The minimum atomic E-state index is -0.781. The second-order valence-electron chi connectivity index (χ2n) is 5.22. The Kier molecular flexibility index (Phi) is 3.98. The van der Waals surface area contributed by atoms with Crippen LogP contribution in [0.2, 0.25) is 0 Å². The number of nitrogens with one attached hydrogen (secondary N) is 1. The molecular formula is C15H14N4O5. The highest BCUT2D eigenvalue weighted by atomic mass is 16.5. The van der Waals surface area contributed by atoms with Gasteiger partial charge >= 0.3 is 17.1 Å². The Hall–Kier alpha value is -3.23. The first-order chi connectivity index (χ1) is 11.5. The number of fused-ring (bicyclic) bond motifs is 1. The summed E-state index contributed by atoms with van der Waals surface area (Å²) in [6.45, 7) is 0.607. The highest BCUT2D eigenvalue weighted by Crippen LogP contribution is 2.13. The molecule has 1 N–H and O–H groups in total. The number of benzene rings is 1. The van der Waals surface area contributed by atoms with Crippen molar-refractivity contribution in [2.45, 2.75) is 13.1 Å². The number of hydrogen-bond donors (Lipinski definition) is 1. The quantitative estimate of drug-likeness (QED) is 0.579. The number of hydrogen-bond acceptors (Lipinski definition) is 6. The molecule has 1 aliphatic rings. The fourth-order valence-electron chi connectivity index (χ4n) is 2.51. The molecule has 124 valence electrons. The van der Waals surface area contributed by atoms with Crippen molar-refractivity contribution in [3.63, 3.8) is 0 Å². The number of aromatic nitrogens is 3. The second kappa shape index (κ2) is 6.11. The van der Waals surface area contributed by atoms with E-state index in [2.05, 4.69) is 14.9 Å². The van der Waals surface area contributed by atoms with Crippen LogP contribution in [0.5, 0.6) is 0 Å². The van der Waals surface area contributed by atoms with Gasteiger partial charge in [0.15, 0.2) is 5.82 Å². The molecule has 0 fully saturated rings. The van der Waals surface area contributed by atoms with E-state index in [9.17, 15) is 19.2 Å². The number of carbonyl (C=O) groups is 2. The summed E-state index contributed by atoms with van der Waals surface area (Å²) in [7, 11) is 1.28. The largest absolute Gasteiger partial charge is 0.465 e. The molecular weight excluding hydrogens is 316 g/mol. The van der Waals surface area contributed by atoms with Gasteiger partial charge in [0.05, 0.1) is 19.2 Å². The smallest absolute Gasteiger partial charge is 0.337 e. The Balaban J connectivity index is 1.81. The summed E-state index contributed by atoms with van der Waals surface area (Å²) in [4.78, 5) is 48.5. The van der Waals surface area contributed by atoms with Crippen LogP contribution in [-0.2, 0) is 17.8 Å². The summed E-state index contributed by atoms with van der Waals surface area (Å²) < 4.78 is 5.88. The number of nitrogens with zero attached hydrogens (tertiary/aromatic N) is 3. The van der Waals surface area contributed by atoms with E-state index in [1.165, 1.54) is 40.8 Å². The standard InChI is InChI=1S/C15H14N4O5/c1-24-15(23)10-4-2-9(3-5-10)13(21)18-6-7-19-11(8-18)16-17-12(20)14(19)22/h2-5H,6-8H2,1H3,(H,17,20). The third kappa shape index (κ3) is 2.71. The molecule has 1 aliphatic heterocycles. The predicted molar refractivity (Wildman–Crippen MR) is 81.6 cm³/mol. The summed E-state index contributed by atoms with van der Waals surface area (Å²) in [6, 6.07) is 6.10. The maximum Gasteiger partial charge on any atom is 0.337 e. The van der Waals surface area contributed by atoms with Gasteiger partial charge in [0.2, 0.25) is 0 Å². The molecule has 24 heavy (non-hydrogen) atoms. The van der Waals surface area contributed by atoms with Gasteiger partial charge in [-0.05, 0) is 24.3 Å². The van der Waals surface area contributed by atoms with Gasteiger partial charge in [-0.2, -0.15) is 5.10 Å². The number of rotatable bonds is 2. The molecule has 0 spiro atoms. The van der Waals surface area contributed by atoms with E-state index in [1.807, 2.05) is 0 Å². The van der Waals surface area contributed by atoms with Crippen molar-refractivity contribution in [3.8, 4) is 0 Å². The number of esters is 1. The van der Waals surface area contributed by atoms with Crippen molar-refractivity contribution >= 4 is 11.9 Å². The number of amides is 1. The third-order valence-corrected chi connectivity index (χ3v) is 3.80. The second-order valence-corrected chi connectivity index (χ2v) is 5.22. The number of H-pyrrole nitrogens is 1. The maximum absolute atomic E-state index is 12.5. The third-order valence-electron chi connectivity index (χ3n) is 3.80. The Bertz CT molecular complexity index is 913. The lowest BCUT2D eigenvalue weighted by molar-refractivity contribution is 0.0599. The van der Waals surface area contributed by atoms with Gasteiger partial charge in [0.25, 0.3) is 5.91 Å². The molecule has 0 saturated carbocycles. The number of ether oxygens (including phenoxy) is 1. The predicted octanol–water partition coefficient (Wildman–Crippen LogP) is -0.626. The molecule has 0 radical (unpaired) electrons. The van der Waals surface area contributed by atoms with Crippen molar-refractivity contribution in [2.75, 3.05) is 13.7 Å². The average molecular weight is 330 g/mol. The molecule has 1 aromatic carbocycles. The molecule has 9 heteroatoms. The fraction of sp³-hybridized carbons (Fsp3) is 0.267. The van der Waals surface area contributed by atoms with Crippen molar-refractivity contribution < 1.29 is 14.3 Å². The van der Waals surface area contributed by atoms with E-state index >= 15 is 0 Å². The Morgan fingerprint density at radius 2 is 1.79 bits per heavy atom. The zero-order valence-electron chi connectivity index (χ0n) is 12.8. The SMILES string of the molecule is COC(=O)c1ccc(C(=O)N2CCn3c(n[nH]c(=O)c3=O)C2)cc1. The van der Waals surface area contributed by atoms with Crippen molar-refractivity contribution in [1.29, 1.82) is 0 Å². The summed E-state index contributed by atoms with van der Waals surface area (Å²) in [6.07, 6.45) is 0. The molecule has 2 heterocycles. The lowest BCUT2D eigenvalue weighted by Crippen LogP contribution is -2.47. The van der Waals surface area contributed by atoms with Crippen LogP contribution in [0, 0.1) is 0 Å². The van der Waals surface area contributed by atoms with Gasteiger partial charge < -0.3 is 9.64 Å². The normalized spacial score (nSPS) is 13.3. The highest BCUT2D eigenvalue weighted by Gasteiger charge is 2.24. The number of aromatic amines is 1. The van der Waals surface area contributed by atoms with E-state index in [-0.39, 0.29) is 25.5 Å². The minimum Gasteiger partial charge on any atom is -0.465 e. The molecule has 3 rings (SSSR count). The van der Waals surface area contributed by atoms with Crippen LogP contribution < -0.4 is 11.1 Å². The molecule has 0 saturated heterocycles. The zero-order valence-corrected chi connectivity index (χ0v) is 12.8. The van der Waals surface area contributed by atoms with Crippen LogP contribution in [0.3, 0.4) is 0 Å². The first-order valence-electron chi connectivity index (χ1n) is 7.17. The van der Waals surface area contributed by atoms with Crippen molar-refractivity contribution in [1.82, 2.24) is 19.7 Å². The number of carbonyl (C=O) groups excluding carboxylic acids is 2. The van der Waals surface area contributed by atoms with E-state index in [0.717, 1.165) is 0 Å². The Morgan fingerprint density at radius 1 is 1.12 bits per heavy atom. The molecule has 0 atom stereocenters. The lowest BCUT2D eigenvalue weighted by Gasteiger charge is -2.28. The van der Waals surface area contributed by atoms with Gasteiger partial charge in [0.1, 0.15) is 0 Å². The Labute approximate surface area is 135 Å². The minimum absolute atomic E-state index is 0.115. The Morgan fingerprint density at radius 3 is 2.46 bits per heavy atom. The first-order valence-corrected chi connectivity index (χ1v) is 7.17. The molecule has 1 amide bonds. The molecule has 2 aromatic rings. The van der Waals surface area contributed by atoms with E-state index in [0.29, 0.717) is 17.0 Å². The van der Waals surface area contributed by atoms with Crippen LogP contribution in [0.25, 0.3) is 0 Å². The molecule has 0 bridgehead atoms. The molecule has 9 nitrogen and oxygen atoms in total. The fourth-order valence-corrected chi connectivity index (χ4v) is 2.51. The molecule has 0 unspecified atom stereocenters. The summed E-state index contributed by atoms with van der Waals surface area (Å²) in [5.41, 5.74) is -0.696. The van der Waals surface area contributed by atoms with E-state index in [4.69, 9.17) is 0 Å². The van der Waals surface area contributed by atoms with Gasteiger partial charge in [-0.3, -0.25) is 19.0 Å². The van der Waals surface area contributed by atoms with Gasteiger partial charge in [0, 0.05) is 18.7 Å². The van der Waals surface area contributed by atoms with Crippen molar-refractivity contribution in [2.24, 2.45) is 0 Å². The van der Waals surface area contributed by atoms with E-state index < -0.39 is 17.1 Å². The summed E-state index contributed by atoms with van der Waals surface area (Å²) in [5, 5.41) is 5.95. The lowest BCUT2D eigenvalue weighted by atomic mass is 10.1. The molecule has 1 aromatic heterocycles. The van der Waals surface area contributed by atoms with Crippen LogP contribution >= 0.6 is 0 Å². The average Bonchev–Trinajstić information content (AvgIpc) is 2.63. The topological polar surface area (TPSA) is 114 Å². The summed E-state index contributed by atoms with van der Waals surface area (Å²) >= 11 is 0.